The van der Waals surface area contributed by atoms with Gasteiger partial charge in [-0.1, -0.05) is 0 Å². The van der Waals surface area contributed by atoms with E-state index in [1.54, 1.807) is 0 Å². The van der Waals surface area contributed by atoms with E-state index in [1.165, 1.54) is 0 Å². The van der Waals surface area contributed by atoms with Crippen LogP contribution in [0.4, 0.5) is 0 Å². The van der Waals surface area contributed by atoms with Gasteiger partial charge in [0.2, 0.25) is 0 Å². The van der Waals surface area contributed by atoms with Crippen LogP contribution in [0.15, 0.2) is 22.1 Å². The fraction of sp³-hybridized carbons (Fsp3) is 0.333. The maximum atomic E-state index is 9.95. The van der Waals surface area contributed by atoms with Gasteiger partial charge < -0.3 is 10.1 Å². The van der Waals surface area contributed by atoms with Gasteiger partial charge in [0.05, 0.1) is 10.0 Å². The Kier molecular flexibility index (Phi) is 1.58. The first-order chi connectivity index (χ1) is 5.11. The van der Waals surface area contributed by atoms with E-state index in [-0.39, 0.29) is 0 Å². The van der Waals surface area contributed by atoms with Crippen molar-refractivity contribution in [1.82, 2.24) is 0 Å². The summed E-state index contributed by atoms with van der Waals surface area (Å²) in [5, 5.41) is 25.9. The number of nitro groups is 2. The first-order valence-electron chi connectivity index (χ1n) is 2.52. The van der Waals surface area contributed by atoms with E-state index < -0.39 is 21.8 Å². The van der Waals surface area contributed by atoms with Crippen LogP contribution >= 0.6 is 0 Å². The lowest BCUT2D eigenvalue weighted by atomic mass is 10.5. The molecular formula is C3H2N4O4. The molecule has 8 nitrogen and oxygen atoms in total. The molecule has 1 unspecified atom stereocenters. The molecule has 8 heteroatoms. The molecular weight excluding hydrogens is 156 g/mol. The van der Waals surface area contributed by atoms with Gasteiger partial charge in [-0.25, -0.2) is 0 Å². The van der Waals surface area contributed by atoms with Crippen LogP contribution in [0, 0.1) is 20.2 Å². The molecule has 11 heavy (non-hydrogen) atoms. The molecule has 0 spiro atoms. The second-order valence-corrected chi connectivity index (χ2v) is 1.70. The van der Waals surface area contributed by atoms with Gasteiger partial charge in [0.1, 0.15) is 6.08 Å². The lowest BCUT2D eigenvalue weighted by Crippen LogP contribution is -2.11. The van der Waals surface area contributed by atoms with Crippen molar-refractivity contribution in [3.8, 4) is 0 Å². The summed E-state index contributed by atoms with van der Waals surface area (Å²) in [4.78, 5) is 18.3. The number of nitrogens with zero attached hydrogens (tertiary/aromatic N) is 4. The Balaban J connectivity index is 2.79. The monoisotopic (exact) mass is 158 g/mol. The van der Waals surface area contributed by atoms with Crippen LogP contribution in [0.5, 0.6) is 0 Å². The molecule has 58 valence electrons. The zero-order chi connectivity index (χ0) is 8.43. The molecule has 0 saturated heterocycles. The Morgan fingerprint density at radius 2 is 2.09 bits per heavy atom. The highest BCUT2D eigenvalue weighted by molar-refractivity contribution is 4.97. The minimum atomic E-state index is -1.39. The van der Waals surface area contributed by atoms with Crippen LogP contribution < -0.4 is 0 Å². The molecule has 1 atom stereocenters. The third-order valence-electron chi connectivity index (χ3n) is 0.980. The molecule has 0 aromatic rings. The van der Waals surface area contributed by atoms with Gasteiger partial charge in [0.15, 0.2) is 0 Å². The van der Waals surface area contributed by atoms with Crippen LogP contribution in [0.25, 0.3) is 0 Å². The maximum absolute atomic E-state index is 9.95. The van der Waals surface area contributed by atoms with Gasteiger partial charge in [-0.3, -0.25) is 10.1 Å². The predicted octanol–water partition coefficient (Wildman–Crippen LogP) is 0.173. The molecule has 0 N–H and O–H groups in total. The highest BCUT2D eigenvalue weighted by Crippen LogP contribution is 2.12. The van der Waals surface area contributed by atoms with Crippen molar-refractivity contribution in [2.75, 3.05) is 0 Å². The van der Waals surface area contributed by atoms with E-state index in [1.807, 2.05) is 0 Å². The SMILES string of the molecule is O=[N+]([O-])C1=CC([N+](=O)[O-])N=N1. The summed E-state index contributed by atoms with van der Waals surface area (Å²) in [6.45, 7) is 0. The Bertz CT molecular complexity index is 269. The smallest absolute Gasteiger partial charge is 0.358 e. The zero-order valence-electron chi connectivity index (χ0n) is 5.08. The minimum Gasteiger partial charge on any atom is -0.358 e. The van der Waals surface area contributed by atoms with Gasteiger partial charge in [0, 0.05) is 5.11 Å². The van der Waals surface area contributed by atoms with E-state index in [0.717, 1.165) is 6.08 Å². The lowest BCUT2D eigenvalue weighted by Gasteiger charge is -1.86. The van der Waals surface area contributed by atoms with Gasteiger partial charge in [-0.2, -0.15) is 0 Å². The topological polar surface area (TPSA) is 111 Å². The number of rotatable bonds is 2. The van der Waals surface area contributed by atoms with Crippen LogP contribution in [-0.2, 0) is 0 Å². The Morgan fingerprint density at radius 3 is 2.36 bits per heavy atom. The molecule has 0 saturated carbocycles. The predicted molar refractivity (Wildman–Crippen MR) is 30.7 cm³/mol. The van der Waals surface area contributed by atoms with E-state index in [9.17, 15) is 20.2 Å². The quantitative estimate of drug-likeness (QED) is 0.421. The molecule has 0 aromatic carbocycles. The van der Waals surface area contributed by atoms with Crippen molar-refractivity contribution in [3.63, 3.8) is 0 Å². The molecule has 1 heterocycles. The molecule has 1 rings (SSSR count). The molecule has 0 radical (unpaired) electrons. The number of azo groups is 1. The van der Waals surface area contributed by atoms with Crippen LogP contribution in [0.3, 0.4) is 0 Å². The van der Waals surface area contributed by atoms with Crippen LogP contribution in [0.2, 0.25) is 0 Å². The first kappa shape index (κ1) is 7.25. The summed E-state index contributed by atoms with van der Waals surface area (Å²) in [6.07, 6.45) is -0.615. The van der Waals surface area contributed by atoms with Crippen molar-refractivity contribution in [2.24, 2.45) is 10.2 Å². The number of hydrogen-bond donors (Lipinski definition) is 0. The van der Waals surface area contributed by atoms with Crippen LogP contribution in [0.1, 0.15) is 0 Å². The Hall–Kier alpha value is -1.86. The molecule has 1 aliphatic rings. The van der Waals surface area contributed by atoms with Gasteiger partial charge >= 0.3 is 12.0 Å². The lowest BCUT2D eigenvalue weighted by molar-refractivity contribution is -0.508. The van der Waals surface area contributed by atoms with E-state index >= 15 is 0 Å². The van der Waals surface area contributed by atoms with Crippen molar-refractivity contribution in [3.05, 3.63) is 32.1 Å². The van der Waals surface area contributed by atoms with Crippen molar-refractivity contribution in [2.45, 2.75) is 6.17 Å². The largest absolute Gasteiger partial charge is 0.395 e. The third-order valence-corrected chi connectivity index (χ3v) is 0.980. The fourth-order valence-corrected chi connectivity index (χ4v) is 0.519. The van der Waals surface area contributed by atoms with Crippen molar-refractivity contribution >= 4 is 0 Å². The van der Waals surface area contributed by atoms with Gasteiger partial charge in [0.25, 0.3) is 0 Å². The Morgan fingerprint density at radius 1 is 1.45 bits per heavy atom. The highest BCUT2D eigenvalue weighted by atomic mass is 16.6. The Labute approximate surface area is 59.5 Å². The van der Waals surface area contributed by atoms with Gasteiger partial charge in [-0.15, -0.1) is 0 Å². The van der Waals surface area contributed by atoms with E-state index in [4.69, 9.17) is 0 Å². The average molecular weight is 158 g/mol. The highest BCUT2D eigenvalue weighted by Gasteiger charge is 2.30. The fourth-order valence-electron chi connectivity index (χ4n) is 0.519. The second-order valence-electron chi connectivity index (χ2n) is 1.70. The normalized spacial score (nSPS) is 21.5. The summed E-state index contributed by atoms with van der Waals surface area (Å²) in [6, 6.07) is 0. The molecule has 0 amide bonds. The summed E-state index contributed by atoms with van der Waals surface area (Å²) in [5.74, 6) is -0.577. The number of hydrogen-bond acceptors (Lipinski definition) is 6. The maximum Gasteiger partial charge on any atom is 0.395 e. The third kappa shape index (κ3) is 1.34. The molecule has 0 fully saturated rings. The molecule has 1 aliphatic heterocycles. The second kappa shape index (κ2) is 2.40. The van der Waals surface area contributed by atoms with Crippen molar-refractivity contribution < 1.29 is 9.85 Å². The van der Waals surface area contributed by atoms with E-state index in [0.29, 0.717) is 0 Å². The van der Waals surface area contributed by atoms with Crippen molar-refractivity contribution in [1.29, 1.82) is 0 Å². The molecule has 0 aromatic heterocycles. The van der Waals surface area contributed by atoms with E-state index in [2.05, 4.69) is 10.2 Å². The summed E-state index contributed by atoms with van der Waals surface area (Å²) in [5.41, 5.74) is 0. The first-order valence-corrected chi connectivity index (χ1v) is 2.52. The van der Waals surface area contributed by atoms with Crippen LogP contribution in [-0.4, -0.2) is 16.0 Å². The molecule has 0 aliphatic carbocycles. The molecule has 0 bridgehead atoms. The minimum absolute atomic E-state index is 0.577. The summed E-state index contributed by atoms with van der Waals surface area (Å²) < 4.78 is 0. The van der Waals surface area contributed by atoms with Gasteiger partial charge in [-0.05, 0) is 4.92 Å². The average Bonchev–Trinajstić information content (AvgIpc) is 2.33. The zero-order valence-corrected chi connectivity index (χ0v) is 5.08. The summed E-state index contributed by atoms with van der Waals surface area (Å²) in [7, 11) is 0. The standard InChI is InChI=1S/C3H2N4O4/c8-6(9)2-1-3(5-4-2)7(10)11/h1-2H. The summed E-state index contributed by atoms with van der Waals surface area (Å²) >= 11 is 0.